The summed E-state index contributed by atoms with van der Waals surface area (Å²) in [5.74, 6) is 0. The lowest BCUT2D eigenvalue weighted by molar-refractivity contribution is 0.0207. The van der Waals surface area contributed by atoms with Crippen LogP contribution in [0.2, 0.25) is 0 Å². The second kappa shape index (κ2) is 6.88. The highest BCUT2D eigenvalue weighted by atomic mass is 35.5. The number of halogens is 1. The number of nitrogens with zero attached hydrogens (tertiary/aromatic N) is 2. The molecule has 4 heteroatoms. The second-order valence-corrected chi connectivity index (χ2v) is 6.19. The van der Waals surface area contributed by atoms with E-state index in [4.69, 9.17) is 0 Å². The van der Waals surface area contributed by atoms with Crippen molar-refractivity contribution in [1.29, 1.82) is 0 Å². The van der Waals surface area contributed by atoms with Crippen LogP contribution < -0.4 is 5.32 Å². The highest BCUT2D eigenvalue weighted by Gasteiger charge is 2.39. The van der Waals surface area contributed by atoms with Gasteiger partial charge in [-0.3, -0.25) is 9.88 Å². The Morgan fingerprint density at radius 3 is 2.85 bits per heavy atom. The normalized spacial score (nSPS) is 22.4. The molecule has 0 radical (unpaired) electrons. The number of nitrogens with one attached hydrogen (secondary N) is 1. The first-order chi connectivity index (χ1) is 9.30. The van der Waals surface area contributed by atoms with Crippen LogP contribution in [-0.2, 0) is 6.54 Å². The van der Waals surface area contributed by atoms with Gasteiger partial charge in [-0.15, -0.1) is 12.4 Å². The Labute approximate surface area is 128 Å². The molecule has 0 unspecified atom stereocenters. The molecular formula is C16H26ClN3. The van der Waals surface area contributed by atoms with Crippen LogP contribution in [0.15, 0.2) is 18.5 Å². The molecule has 2 heterocycles. The fourth-order valence-electron chi connectivity index (χ4n) is 3.70. The fourth-order valence-corrected chi connectivity index (χ4v) is 3.70. The molecule has 1 aromatic rings. The molecule has 1 spiro atoms. The Morgan fingerprint density at radius 1 is 1.30 bits per heavy atom. The van der Waals surface area contributed by atoms with Crippen molar-refractivity contribution in [2.24, 2.45) is 0 Å². The summed E-state index contributed by atoms with van der Waals surface area (Å²) in [5, 5.41) is 3.62. The van der Waals surface area contributed by atoms with Gasteiger partial charge in [-0.25, -0.2) is 0 Å². The van der Waals surface area contributed by atoms with Crippen LogP contribution in [-0.4, -0.2) is 35.1 Å². The molecule has 0 atom stereocenters. The second-order valence-electron chi connectivity index (χ2n) is 6.19. The Morgan fingerprint density at radius 2 is 2.10 bits per heavy atom. The molecule has 1 N–H and O–H groups in total. The first-order valence-electron chi connectivity index (χ1n) is 7.65. The van der Waals surface area contributed by atoms with Crippen molar-refractivity contribution in [3.05, 3.63) is 29.6 Å². The largest absolute Gasteiger partial charge is 0.314 e. The molecule has 2 aliphatic rings. The van der Waals surface area contributed by atoms with E-state index in [1.54, 1.807) is 0 Å². The number of pyridine rings is 1. The number of aryl methyl sites for hydroxylation is 1. The Balaban J connectivity index is 0.00000147. The first kappa shape index (κ1) is 15.7. The minimum absolute atomic E-state index is 0. The van der Waals surface area contributed by atoms with Crippen LogP contribution >= 0.6 is 12.4 Å². The highest BCUT2D eigenvalue weighted by Crippen LogP contribution is 2.35. The van der Waals surface area contributed by atoms with E-state index in [0.29, 0.717) is 5.54 Å². The van der Waals surface area contributed by atoms with E-state index >= 15 is 0 Å². The van der Waals surface area contributed by atoms with Crippen LogP contribution in [0, 0.1) is 6.92 Å². The SMILES string of the molecule is Cc1ccncc1CN1CCNCC12CCCCC2.Cl. The number of rotatable bonds is 2. The van der Waals surface area contributed by atoms with E-state index in [1.807, 2.05) is 12.4 Å². The smallest absolute Gasteiger partial charge is 0.0338 e. The van der Waals surface area contributed by atoms with Crippen molar-refractivity contribution in [2.45, 2.75) is 51.1 Å². The molecule has 0 bridgehead atoms. The van der Waals surface area contributed by atoms with Gasteiger partial charge in [0, 0.05) is 44.1 Å². The van der Waals surface area contributed by atoms with E-state index in [0.717, 1.165) is 13.1 Å². The zero-order chi connectivity index (χ0) is 13.1. The van der Waals surface area contributed by atoms with Crippen molar-refractivity contribution >= 4 is 12.4 Å². The molecular weight excluding hydrogens is 270 g/mol. The molecule has 1 saturated heterocycles. The summed E-state index contributed by atoms with van der Waals surface area (Å²) in [6.07, 6.45) is 10.9. The topological polar surface area (TPSA) is 28.2 Å². The van der Waals surface area contributed by atoms with Gasteiger partial charge in [-0.2, -0.15) is 0 Å². The zero-order valence-corrected chi connectivity index (χ0v) is 13.2. The van der Waals surface area contributed by atoms with Crippen molar-refractivity contribution in [3.8, 4) is 0 Å². The van der Waals surface area contributed by atoms with Gasteiger partial charge in [0.15, 0.2) is 0 Å². The van der Waals surface area contributed by atoms with E-state index in [9.17, 15) is 0 Å². The van der Waals surface area contributed by atoms with Crippen LogP contribution in [0.1, 0.15) is 43.2 Å². The third kappa shape index (κ3) is 3.16. The summed E-state index contributed by atoms with van der Waals surface area (Å²) >= 11 is 0. The van der Waals surface area contributed by atoms with Crippen LogP contribution in [0.3, 0.4) is 0 Å². The number of aromatic nitrogens is 1. The van der Waals surface area contributed by atoms with Crippen molar-refractivity contribution in [1.82, 2.24) is 15.2 Å². The lowest BCUT2D eigenvalue weighted by atomic mass is 9.79. The van der Waals surface area contributed by atoms with Crippen LogP contribution in [0.4, 0.5) is 0 Å². The zero-order valence-electron chi connectivity index (χ0n) is 12.4. The standard InChI is InChI=1S/C16H25N3.ClH/c1-14-5-8-17-11-15(14)12-19-10-9-18-13-16(19)6-3-2-4-7-16;/h5,8,11,18H,2-4,6-7,9-10,12-13H2,1H3;1H. The Bertz CT molecular complexity index is 421. The molecule has 2 fully saturated rings. The van der Waals surface area contributed by atoms with Gasteiger partial charge in [0.25, 0.3) is 0 Å². The summed E-state index contributed by atoms with van der Waals surface area (Å²) in [4.78, 5) is 7.03. The molecule has 3 nitrogen and oxygen atoms in total. The third-order valence-corrected chi connectivity index (χ3v) is 4.98. The summed E-state index contributed by atoms with van der Waals surface area (Å²) in [5.41, 5.74) is 3.19. The average molecular weight is 296 g/mol. The molecule has 0 amide bonds. The van der Waals surface area contributed by atoms with Crippen molar-refractivity contribution < 1.29 is 0 Å². The van der Waals surface area contributed by atoms with Gasteiger partial charge in [-0.1, -0.05) is 19.3 Å². The van der Waals surface area contributed by atoms with Crippen molar-refractivity contribution in [2.75, 3.05) is 19.6 Å². The van der Waals surface area contributed by atoms with E-state index in [1.165, 1.54) is 56.3 Å². The summed E-state index contributed by atoms with van der Waals surface area (Å²) in [7, 11) is 0. The maximum atomic E-state index is 4.30. The van der Waals surface area contributed by atoms with Crippen LogP contribution in [0.25, 0.3) is 0 Å². The Kier molecular flexibility index (Phi) is 5.42. The molecule has 3 rings (SSSR count). The number of hydrogen-bond donors (Lipinski definition) is 1. The molecule has 1 aliphatic heterocycles. The molecule has 112 valence electrons. The quantitative estimate of drug-likeness (QED) is 0.909. The molecule has 1 aromatic heterocycles. The van der Waals surface area contributed by atoms with Gasteiger partial charge in [-0.05, 0) is 37.0 Å². The molecule has 20 heavy (non-hydrogen) atoms. The van der Waals surface area contributed by atoms with Crippen LogP contribution in [0.5, 0.6) is 0 Å². The minimum atomic E-state index is 0. The van der Waals surface area contributed by atoms with Gasteiger partial charge >= 0.3 is 0 Å². The van der Waals surface area contributed by atoms with Gasteiger partial charge in [0.2, 0.25) is 0 Å². The highest BCUT2D eigenvalue weighted by molar-refractivity contribution is 5.85. The summed E-state index contributed by atoms with van der Waals surface area (Å²) in [6, 6.07) is 2.13. The van der Waals surface area contributed by atoms with Gasteiger partial charge in [0.1, 0.15) is 0 Å². The first-order valence-corrected chi connectivity index (χ1v) is 7.65. The summed E-state index contributed by atoms with van der Waals surface area (Å²) in [6.45, 7) is 6.75. The van der Waals surface area contributed by atoms with E-state index < -0.39 is 0 Å². The third-order valence-electron chi connectivity index (χ3n) is 4.98. The van der Waals surface area contributed by atoms with Crippen molar-refractivity contribution in [3.63, 3.8) is 0 Å². The number of hydrogen-bond acceptors (Lipinski definition) is 3. The molecule has 1 aliphatic carbocycles. The van der Waals surface area contributed by atoms with E-state index in [2.05, 4.69) is 28.2 Å². The monoisotopic (exact) mass is 295 g/mol. The van der Waals surface area contributed by atoms with E-state index in [-0.39, 0.29) is 12.4 Å². The molecule has 1 saturated carbocycles. The maximum Gasteiger partial charge on any atom is 0.0338 e. The lowest BCUT2D eigenvalue weighted by Gasteiger charge is -2.50. The predicted molar refractivity (Wildman–Crippen MR) is 85.3 cm³/mol. The predicted octanol–water partition coefficient (Wildman–Crippen LogP) is 2.92. The minimum Gasteiger partial charge on any atom is -0.314 e. The maximum absolute atomic E-state index is 4.30. The van der Waals surface area contributed by atoms with Gasteiger partial charge in [0.05, 0.1) is 0 Å². The Hall–Kier alpha value is -0.640. The molecule has 0 aromatic carbocycles. The average Bonchev–Trinajstić information content (AvgIpc) is 2.45. The lowest BCUT2D eigenvalue weighted by Crippen LogP contribution is -2.61. The van der Waals surface area contributed by atoms with Gasteiger partial charge < -0.3 is 5.32 Å². The number of piperazine rings is 1. The fraction of sp³-hybridized carbons (Fsp3) is 0.688. The summed E-state index contributed by atoms with van der Waals surface area (Å²) < 4.78 is 0.